The molecule has 0 unspecified atom stereocenters. The molecule has 0 aromatic heterocycles. The molecule has 2 aromatic rings. The summed E-state index contributed by atoms with van der Waals surface area (Å²) in [6.07, 6.45) is 0.833. The summed E-state index contributed by atoms with van der Waals surface area (Å²) in [7, 11) is -2.38. The van der Waals surface area contributed by atoms with Gasteiger partial charge in [0.15, 0.2) is 11.6 Å². The summed E-state index contributed by atoms with van der Waals surface area (Å²) in [5.41, 5.74) is 1.97. The van der Waals surface area contributed by atoms with E-state index in [4.69, 9.17) is 4.74 Å². The quantitative estimate of drug-likeness (QED) is 0.820. The van der Waals surface area contributed by atoms with Gasteiger partial charge in [0.25, 0.3) is 0 Å². The number of hydrogen-bond donors (Lipinski definition) is 1. The molecule has 1 heterocycles. The maximum Gasteiger partial charge on any atom is 0.243 e. The molecule has 1 aliphatic rings. The highest BCUT2D eigenvalue weighted by Gasteiger charge is 2.25. The zero-order chi connectivity index (χ0) is 19.6. The number of carbonyl (C=O) groups excluding carboxylic acids is 1. The summed E-state index contributed by atoms with van der Waals surface area (Å²) < 4.78 is 46.2. The molecule has 2 aromatic carbocycles. The van der Waals surface area contributed by atoms with E-state index in [9.17, 15) is 17.6 Å². The summed E-state index contributed by atoms with van der Waals surface area (Å²) in [4.78, 5) is 11.6. The van der Waals surface area contributed by atoms with Crippen LogP contribution in [-0.2, 0) is 27.8 Å². The molecule has 0 saturated carbocycles. The average molecular weight is 392 g/mol. The standard InChI is InChI=1S/C19H21FN2O4S/c1-3-22(12-13-4-8-18(26-2)16(20)10-13)27(24,25)15-6-7-17-14(11-15)5-9-19(23)21-17/h4,6-8,10-11H,3,5,9,12H2,1-2H3,(H,21,23). The third-order valence-electron chi connectivity index (χ3n) is 4.54. The summed E-state index contributed by atoms with van der Waals surface area (Å²) in [5, 5.41) is 2.74. The third-order valence-corrected chi connectivity index (χ3v) is 6.45. The lowest BCUT2D eigenvalue weighted by molar-refractivity contribution is -0.116. The van der Waals surface area contributed by atoms with E-state index < -0.39 is 15.8 Å². The maximum absolute atomic E-state index is 13.9. The van der Waals surface area contributed by atoms with Gasteiger partial charge in [0.1, 0.15) is 0 Å². The Bertz CT molecular complexity index is 976. The van der Waals surface area contributed by atoms with Crippen LogP contribution in [0, 0.1) is 5.82 Å². The van der Waals surface area contributed by atoms with Gasteiger partial charge in [-0.15, -0.1) is 0 Å². The Kier molecular flexibility index (Phi) is 5.48. The summed E-state index contributed by atoms with van der Waals surface area (Å²) >= 11 is 0. The second kappa shape index (κ2) is 7.66. The number of rotatable bonds is 6. The number of ether oxygens (including phenoxy) is 1. The molecule has 27 heavy (non-hydrogen) atoms. The fourth-order valence-electron chi connectivity index (χ4n) is 3.05. The van der Waals surface area contributed by atoms with Gasteiger partial charge in [-0.05, 0) is 47.9 Å². The van der Waals surface area contributed by atoms with Crippen LogP contribution in [-0.4, -0.2) is 32.3 Å². The van der Waals surface area contributed by atoms with Crippen LogP contribution in [0.3, 0.4) is 0 Å². The Labute approximate surface area is 158 Å². The number of nitrogens with zero attached hydrogens (tertiary/aromatic N) is 1. The van der Waals surface area contributed by atoms with E-state index in [1.807, 2.05) is 0 Å². The molecule has 144 valence electrons. The van der Waals surface area contributed by atoms with Crippen molar-refractivity contribution in [3.63, 3.8) is 0 Å². The number of nitrogens with one attached hydrogen (secondary N) is 1. The molecule has 1 aliphatic heterocycles. The van der Waals surface area contributed by atoms with E-state index in [1.165, 1.54) is 29.6 Å². The van der Waals surface area contributed by atoms with E-state index in [-0.39, 0.29) is 29.6 Å². The number of aryl methyl sites for hydroxylation is 1. The highest BCUT2D eigenvalue weighted by Crippen LogP contribution is 2.28. The van der Waals surface area contributed by atoms with E-state index >= 15 is 0 Å². The van der Waals surface area contributed by atoms with Crippen LogP contribution < -0.4 is 10.1 Å². The highest BCUT2D eigenvalue weighted by atomic mass is 32.2. The lowest BCUT2D eigenvalue weighted by atomic mass is 10.0. The van der Waals surface area contributed by atoms with Crippen LogP contribution in [0.4, 0.5) is 10.1 Å². The van der Waals surface area contributed by atoms with Crippen LogP contribution in [0.2, 0.25) is 0 Å². The van der Waals surface area contributed by atoms with Crippen molar-refractivity contribution in [3.05, 3.63) is 53.3 Å². The van der Waals surface area contributed by atoms with E-state index in [2.05, 4.69) is 5.32 Å². The van der Waals surface area contributed by atoms with Gasteiger partial charge in [-0.25, -0.2) is 12.8 Å². The largest absolute Gasteiger partial charge is 0.494 e. The molecule has 0 spiro atoms. The fourth-order valence-corrected chi connectivity index (χ4v) is 4.54. The predicted molar refractivity (Wildman–Crippen MR) is 99.6 cm³/mol. The van der Waals surface area contributed by atoms with Crippen molar-refractivity contribution in [2.75, 3.05) is 19.0 Å². The first-order valence-corrected chi connectivity index (χ1v) is 10.0. The Morgan fingerprint density at radius 2 is 1.96 bits per heavy atom. The predicted octanol–water partition coefficient (Wildman–Crippen LogP) is 2.93. The van der Waals surface area contributed by atoms with Crippen LogP contribution in [0.15, 0.2) is 41.3 Å². The first-order valence-electron chi connectivity index (χ1n) is 8.60. The number of hydrogen-bond acceptors (Lipinski definition) is 4. The minimum atomic E-state index is -3.76. The van der Waals surface area contributed by atoms with Gasteiger partial charge in [0, 0.05) is 25.2 Å². The van der Waals surface area contributed by atoms with Crippen molar-refractivity contribution in [1.29, 1.82) is 0 Å². The van der Waals surface area contributed by atoms with E-state index in [0.717, 1.165) is 5.56 Å². The van der Waals surface area contributed by atoms with Gasteiger partial charge in [0.05, 0.1) is 12.0 Å². The molecular formula is C19H21FN2O4S. The normalized spacial score (nSPS) is 14.0. The van der Waals surface area contributed by atoms with Crippen molar-refractivity contribution in [2.24, 2.45) is 0 Å². The lowest BCUT2D eigenvalue weighted by Crippen LogP contribution is -2.31. The fraction of sp³-hybridized carbons (Fsp3) is 0.316. The summed E-state index contributed by atoms with van der Waals surface area (Å²) in [6.45, 7) is 2.02. The maximum atomic E-state index is 13.9. The van der Waals surface area contributed by atoms with Gasteiger partial charge < -0.3 is 10.1 Å². The van der Waals surface area contributed by atoms with Crippen molar-refractivity contribution in [2.45, 2.75) is 31.2 Å². The second-order valence-electron chi connectivity index (χ2n) is 6.27. The summed E-state index contributed by atoms with van der Waals surface area (Å²) in [5.74, 6) is -0.496. The van der Waals surface area contributed by atoms with Crippen LogP contribution in [0.25, 0.3) is 0 Å². The van der Waals surface area contributed by atoms with Crippen molar-refractivity contribution < 1.29 is 22.3 Å². The molecule has 6 nitrogen and oxygen atoms in total. The van der Waals surface area contributed by atoms with Crippen molar-refractivity contribution >= 4 is 21.6 Å². The molecule has 0 atom stereocenters. The number of anilines is 1. The molecule has 0 radical (unpaired) electrons. The molecule has 0 saturated heterocycles. The monoisotopic (exact) mass is 392 g/mol. The van der Waals surface area contributed by atoms with E-state index in [0.29, 0.717) is 24.1 Å². The zero-order valence-electron chi connectivity index (χ0n) is 15.2. The Balaban J connectivity index is 1.88. The molecule has 0 aliphatic carbocycles. The molecule has 0 fully saturated rings. The Morgan fingerprint density at radius 3 is 2.63 bits per heavy atom. The van der Waals surface area contributed by atoms with Gasteiger partial charge in [-0.3, -0.25) is 4.79 Å². The van der Waals surface area contributed by atoms with Crippen LogP contribution in [0.5, 0.6) is 5.75 Å². The number of halogens is 1. The first kappa shape index (κ1) is 19.3. The third kappa shape index (κ3) is 3.96. The number of fused-ring (bicyclic) bond motifs is 1. The smallest absolute Gasteiger partial charge is 0.243 e. The van der Waals surface area contributed by atoms with Gasteiger partial charge in [0.2, 0.25) is 15.9 Å². The van der Waals surface area contributed by atoms with E-state index in [1.54, 1.807) is 25.1 Å². The molecule has 8 heteroatoms. The Morgan fingerprint density at radius 1 is 1.19 bits per heavy atom. The number of carbonyl (C=O) groups is 1. The SMILES string of the molecule is CCN(Cc1ccc(OC)c(F)c1)S(=O)(=O)c1ccc2c(c1)CCC(=O)N2. The zero-order valence-corrected chi connectivity index (χ0v) is 16.0. The molecular weight excluding hydrogens is 371 g/mol. The second-order valence-corrected chi connectivity index (χ2v) is 8.21. The lowest BCUT2D eigenvalue weighted by Gasteiger charge is -2.23. The number of amides is 1. The van der Waals surface area contributed by atoms with Gasteiger partial charge in [-0.2, -0.15) is 4.31 Å². The van der Waals surface area contributed by atoms with Crippen molar-refractivity contribution in [1.82, 2.24) is 4.31 Å². The van der Waals surface area contributed by atoms with Crippen molar-refractivity contribution in [3.8, 4) is 5.75 Å². The van der Waals surface area contributed by atoms with Gasteiger partial charge >= 0.3 is 0 Å². The minimum Gasteiger partial charge on any atom is -0.494 e. The van der Waals surface area contributed by atoms with Crippen LogP contribution >= 0.6 is 0 Å². The molecule has 3 rings (SSSR count). The molecule has 1 N–H and O–H groups in total. The number of methoxy groups -OCH3 is 1. The highest BCUT2D eigenvalue weighted by molar-refractivity contribution is 7.89. The minimum absolute atomic E-state index is 0.0492. The first-order chi connectivity index (χ1) is 12.8. The molecule has 0 bridgehead atoms. The van der Waals surface area contributed by atoms with Crippen LogP contribution in [0.1, 0.15) is 24.5 Å². The topological polar surface area (TPSA) is 75.7 Å². The number of benzene rings is 2. The number of sulfonamides is 1. The average Bonchev–Trinajstić information content (AvgIpc) is 2.65. The molecule has 1 amide bonds. The summed E-state index contributed by atoms with van der Waals surface area (Å²) in [6, 6.07) is 9.09. The van der Waals surface area contributed by atoms with Gasteiger partial charge in [-0.1, -0.05) is 13.0 Å². The Hall–Kier alpha value is -2.45.